The summed E-state index contributed by atoms with van der Waals surface area (Å²) in [6.07, 6.45) is -4.76. The van der Waals surface area contributed by atoms with Gasteiger partial charge < -0.3 is 15.2 Å². The van der Waals surface area contributed by atoms with Crippen LogP contribution in [-0.4, -0.2) is 35.9 Å². The Morgan fingerprint density at radius 1 is 0.949 bits per heavy atom. The highest BCUT2D eigenvalue weighted by Crippen LogP contribution is 2.34. The number of aromatic nitrogens is 2. The minimum atomic E-state index is -4.76. The van der Waals surface area contributed by atoms with Crippen LogP contribution in [0.2, 0.25) is 0 Å². The Bertz CT molecular complexity index is 1540. The van der Waals surface area contributed by atoms with Crippen LogP contribution in [-0.2, 0) is 11.6 Å². The first kappa shape index (κ1) is 27.6. The fourth-order valence-corrected chi connectivity index (χ4v) is 4.03. The number of nitrogens with one attached hydrogen (secondary N) is 2. The third-order valence-electron chi connectivity index (χ3n) is 6.20. The summed E-state index contributed by atoms with van der Waals surface area (Å²) in [5, 5.41) is 3.42. The molecule has 0 saturated carbocycles. The predicted octanol–water partition coefficient (Wildman–Crippen LogP) is 5.72. The second-order valence-electron chi connectivity index (χ2n) is 10.3. The Labute approximate surface area is 223 Å². The maximum absolute atomic E-state index is 13.5. The molecule has 0 unspecified atom stereocenters. The number of benzene rings is 3. The van der Waals surface area contributed by atoms with Gasteiger partial charge in [-0.05, 0) is 47.4 Å². The van der Waals surface area contributed by atoms with Crippen molar-refractivity contribution in [3.05, 3.63) is 82.9 Å². The van der Waals surface area contributed by atoms with Crippen LogP contribution in [0.5, 0.6) is 0 Å². The second-order valence-corrected chi connectivity index (χ2v) is 10.3. The van der Waals surface area contributed by atoms with E-state index in [0.29, 0.717) is 27.7 Å². The molecule has 11 heteroatoms. The molecule has 1 aromatic heterocycles. The monoisotopic (exact) mass is 538 g/mol. The third kappa shape index (κ3) is 5.73. The van der Waals surface area contributed by atoms with Crippen LogP contribution in [0, 0.1) is 0 Å². The van der Waals surface area contributed by atoms with E-state index in [2.05, 4.69) is 36.1 Å². The molecule has 8 nitrogen and oxygen atoms in total. The van der Waals surface area contributed by atoms with E-state index in [1.807, 2.05) is 12.1 Å². The topological polar surface area (TPSA) is 107 Å². The maximum atomic E-state index is 13.5. The number of rotatable bonds is 5. The van der Waals surface area contributed by atoms with Gasteiger partial charge in [-0.25, -0.2) is 15.8 Å². The van der Waals surface area contributed by atoms with Crippen LogP contribution in [0.15, 0.2) is 60.7 Å². The van der Waals surface area contributed by atoms with Crippen molar-refractivity contribution in [1.82, 2.24) is 9.97 Å². The van der Waals surface area contributed by atoms with Gasteiger partial charge >= 0.3 is 6.18 Å². The Hall–Kier alpha value is -4.38. The van der Waals surface area contributed by atoms with Gasteiger partial charge in [0.2, 0.25) is 5.95 Å². The van der Waals surface area contributed by atoms with E-state index < -0.39 is 29.1 Å². The number of fused-ring (bicyclic) bond motifs is 1. The number of anilines is 3. The summed E-state index contributed by atoms with van der Waals surface area (Å²) in [7, 11) is 3.50. The van der Waals surface area contributed by atoms with Gasteiger partial charge in [-0.15, -0.1) is 0 Å². The molecule has 0 spiro atoms. The number of hydrogen-bond donors (Lipinski definition) is 3. The number of imidazole rings is 1. The fourth-order valence-electron chi connectivity index (χ4n) is 4.03. The molecular formula is C28H29F3N6O2. The Morgan fingerprint density at radius 3 is 2.18 bits per heavy atom. The van der Waals surface area contributed by atoms with Crippen molar-refractivity contribution in [2.24, 2.45) is 5.84 Å². The van der Waals surface area contributed by atoms with Gasteiger partial charge in [-0.1, -0.05) is 45.0 Å². The normalized spacial score (nSPS) is 11.9. The first-order chi connectivity index (χ1) is 18.2. The van der Waals surface area contributed by atoms with Crippen molar-refractivity contribution in [3.63, 3.8) is 0 Å². The maximum Gasteiger partial charge on any atom is 0.417 e. The van der Waals surface area contributed by atoms with Crippen molar-refractivity contribution < 1.29 is 22.8 Å². The summed E-state index contributed by atoms with van der Waals surface area (Å²) in [6.45, 7) is 6.24. The van der Waals surface area contributed by atoms with Crippen LogP contribution < -0.4 is 21.1 Å². The average Bonchev–Trinajstić information content (AvgIpc) is 3.31. The summed E-state index contributed by atoms with van der Waals surface area (Å²) in [5.74, 6) is 4.88. The Morgan fingerprint density at radius 2 is 1.59 bits per heavy atom. The van der Waals surface area contributed by atoms with Crippen LogP contribution in [0.4, 0.5) is 30.5 Å². The lowest BCUT2D eigenvalue weighted by molar-refractivity contribution is -0.137. The molecule has 2 amide bonds. The molecule has 0 aliphatic carbocycles. The number of alkyl halides is 3. The standard InChI is InChI=1S/C28H29F3N6O2/c1-27(2,3)16-10-12-17(13-11-16)33-24(38)20-14-18(15-22-23(20)35-26(34-22)36(4)5)37(32)25(39)19-8-6-7-9-21(19)28(29,30)31/h6-15H,32H2,1-5H3,(H,33,38)(H,34,35). The van der Waals surface area contributed by atoms with Crippen molar-refractivity contribution in [3.8, 4) is 0 Å². The smallest absolute Gasteiger partial charge is 0.349 e. The Balaban J connectivity index is 1.75. The molecule has 4 aromatic rings. The van der Waals surface area contributed by atoms with E-state index in [4.69, 9.17) is 5.84 Å². The summed E-state index contributed by atoms with van der Waals surface area (Å²) in [6, 6.07) is 14.6. The van der Waals surface area contributed by atoms with Gasteiger partial charge in [0.15, 0.2) is 0 Å². The van der Waals surface area contributed by atoms with Crippen LogP contribution >= 0.6 is 0 Å². The lowest BCUT2D eigenvalue weighted by atomic mass is 9.87. The quantitative estimate of drug-likeness (QED) is 0.171. The first-order valence-corrected chi connectivity index (χ1v) is 12.0. The van der Waals surface area contributed by atoms with Crippen LogP contribution in [0.1, 0.15) is 52.6 Å². The van der Waals surface area contributed by atoms with Crippen molar-refractivity contribution in [2.45, 2.75) is 32.4 Å². The first-order valence-electron chi connectivity index (χ1n) is 12.0. The van der Waals surface area contributed by atoms with Gasteiger partial charge in [0, 0.05) is 19.8 Å². The average molecular weight is 539 g/mol. The fraction of sp³-hybridized carbons (Fsp3) is 0.250. The lowest BCUT2D eigenvalue weighted by Gasteiger charge is -2.20. The zero-order valence-electron chi connectivity index (χ0n) is 22.1. The van der Waals surface area contributed by atoms with Crippen LogP contribution in [0.25, 0.3) is 11.0 Å². The SMILES string of the molecule is CN(C)c1nc2c(C(=O)Nc3ccc(C(C)(C)C)cc3)cc(N(N)C(=O)c3ccccc3C(F)(F)F)cc2[nH]1. The number of carbonyl (C=O) groups is 2. The number of hydrogen-bond acceptors (Lipinski definition) is 5. The molecule has 1 heterocycles. The minimum absolute atomic E-state index is 0.00617. The van der Waals surface area contributed by atoms with E-state index in [9.17, 15) is 22.8 Å². The number of halogens is 3. The molecule has 0 atom stereocenters. The highest BCUT2D eigenvalue weighted by atomic mass is 19.4. The molecule has 204 valence electrons. The third-order valence-corrected chi connectivity index (χ3v) is 6.20. The number of hydrazine groups is 1. The van der Waals surface area contributed by atoms with Crippen molar-refractivity contribution in [1.29, 1.82) is 0 Å². The van der Waals surface area contributed by atoms with Crippen LogP contribution in [0.3, 0.4) is 0 Å². The number of nitrogens with zero attached hydrogens (tertiary/aromatic N) is 3. The summed E-state index contributed by atoms with van der Waals surface area (Å²) in [5.41, 5.74) is 0.600. The molecule has 3 aromatic carbocycles. The number of aromatic amines is 1. The molecule has 0 fully saturated rings. The molecule has 0 radical (unpaired) electrons. The summed E-state index contributed by atoms with van der Waals surface area (Å²) < 4.78 is 40.6. The minimum Gasteiger partial charge on any atom is -0.349 e. The van der Waals surface area contributed by atoms with Gasteiger partial charge in [-0.3, -0.25) is 9.59 Å². The van der Waals surface area contributed by atoms with Gasteiger partial charge in [0.05, 0.1) is 27.9 Å². The molecule has 4 N–H and O–H groups in total. The molecule has 0 saturated heterocycles. The highest BCUT2D eigenvalue weighted by Gasteiger charge is 2.36. The molecule has 0 aliphatic heterocycles. The number of carbonyl (C=O) groups excluding carboxylic acids is 2. The number of amides is 2. The van der Waals surface area contributed by atoms with Gasteiger partial charge in [0.1, 0.15) is 5.52 Å². The molecule has 39 heavy (non-hydrogen) atoms. The van der Waals surface area contributed by atoms with Crippen molar-refractivity contribution >= 4 is 40.2 Å². The van der Waals surface area contributed by atoms with E-state index in [0.717, 1.165) is 17.7 Å². The molecule has 4 rings (SSSR count). The zero-order valence-corrected chi connectivity index (χ0v) is 22.1. The largest absolute Gasteiger partial charge is 0.417 e. The highest BCUT2D eigenvalue weighted by molar-refractivity contribution is 6.14. The van der Waals surface area contributed by atoms with Crippen molar-refractivity contribution in [2.75, 3.05) is 29.3 Å². The lowest BCUT2D eigenvalue weighted by Crippen LogP contribution is -2.38. The molecule has 0 aliphatic rings. The zero-order chi connectivity index (χ0) is 28.7. The van der Waals surface area contributed by atoms with E-state index in [1.54, 1.807) is 31.1 Å². The Kier molecular flexibility index (Phi) is 7.14. The van der Waals surface area contributed by atoms with E-state index in [-0.39, 0.29) is 16.7 Å². The van der Waals surface area contributed by atoms with E-state index >= 15 is 0 Å². The number of H-pyrrole nitrogens is 1. The summed E-state index contributed by atoms with van der Waals surface area (Å²) in [4.78, 5) is 35.8. The molecular weight excluding hydrogens is 509 g/mol. The van der Waals surface area contributed by atoms with Gasteiger partial charge in [-0.2, -0.15) is 13.2 Å². The summed E-state index contributed by atoms with van der Waals surface area (Å²) >= 11 is 0. The van der Waals surface area contributed by atoms with E-state index in [1.165, 1.54) is 24.3 Å². The van der Waals surface area contributed by atoms with Gasteiger partial charge in [0.25, 0.3) is 11.8 Å². The second kappa shape index (κ2) is 10.1. The predicted molar refractivity (Wildman–Crippen MR) is 146 cm³/mol. The molecule has 0 bridgehead atoms. The number of nitrogens with two attached hydrogens (primary N) is 1.